The molecular formula is C23H23N3O3S. The molecule has 1 aliphatic rings. The Balaban J connectivity index is 1.35. The number of ether oxygens (including phenoxy) is 1. The standard InChI is InChI=1S/C23H23N3O3S/c1-14(2)23-26-18(13-30-23)12-24-21(27)16-7-5-8-17(10-16)25-22(28)20-11-15-6-3-4-9-19(15)29-20/h3-10,13-14,20H,11-12H2,1-2H3,(H,24,27)(H,25,28). The molecule has 0 fully saturated rings. The van der Waals surface area contributed by atoms with Crippen molar-refractivity contribution in [2.45, 2.75) is 38.8 Å². The molecule has 2 heterocycles. The minimum absolute atomic E-state index is 0.213. The second-order valence-electron chi connectivity index (χ2n) is 7.50. The zero-order valence-electron chi connectivity index (χ0n) is 16.8. The van der Waals surface area contributed by atoms with Crippen LogP contribution in [-0.2, 0) is 17.8 Å². The topological polar surface area (TPSA) is 80.3 Å². The highest BCUT2D eigenvalue weighted by atomic mass is 32.1. The molecule has 0 aliphatic carbocycles. The predicted molar refractivity (Wildman–Crippen MR) is 117 cm³/mol. The van der Waals surface area contributed by atoms with E-state index < -0.39 is 6.10 Å². The molecule has 3 aromatic rings. The maximum absolute atomic E-state index is 12.6. The summed E-state index contributed by atoms with van der Waals surface area (Å²) in [5.74, 6) is 0.673. The van der Waals surface area contributed by atoms with E-state index in [-0.39, 0.29) is 11.8 Å². The van der Waals surface area contributed by atoms with Crippen LogP contribution in [0.15, 0.2) is 53.9 Å². The van der Waals surface area contributed by atoms with Gasteiger partial charge in [0.1, 0.15) is 5.75 Å². The summed E-state index contributed by atoms with van der Waals surface area (Å²) in [4.78, 5) is 29.6. The number of nitrogens with one attached hydrogen (secondary N) is 2. The first-order chi connectivity index (χ1) is 14.5. The normalized spacial score (nSPS) is 14.8. The fourth-order valence-electron chi connectivity index (χ4n) is 3.23. The van der Waals surface area contributed by atoms with Crippen LogP contribution >= 0.6 is 11.3 Å². The zero-order chi connectivity index (χ0) is 21.1. The van der Waals surface area contributed by atoms with Crippen LogP contribution in [-0.4, -0.2) is 22.9 Å². The molecule has 1 aliphatic heterocycles. The van der Waals surface area contributed by atoms with Gasteiger partial charge in [-0.05, 0) is 29.8 Å². The summed E-state index contributed by atoms with van der Waals surface area (Å²) in [7, 11) is 0. The molecule has 2 N–H and O–H groups in total. The van der Waals surface area contributed by atoms with E-state index in [4.69, 9.17) is 4.74 Å². The summed E-state index contributed by atoms with van der Waals surface area (Å²) in [6.45, 7) is 4.55. The molecule has 2 amide bonds. The van der Waals surface area contributed by atoms with E-state index in [0.717, 1.165) is 22.0 Å². The largest absolute Gasteiger partial charge is 0.480 e. The van der Waals surface area contributed by atoms with Gasteiger partial charge in [0.25, 0.3) is 11.8 Å². The molecule has 1 aromatic heterocycles. The van der Waals surface area contributed by atoms with Crippen molar-refractivity contribution in [3.8, 4) is 5.75 Å². The number of carbonyl (C=O) groups excluding carboxylic acids is 2. The summed E-state index contributed by atoms with van der Waals surface area (Å²) in [6, 6.07) is 14.5. The van der Waals surface area contributed by atoms with Crippen LogP contribution in [0.25, 0.3) is 0 Å². The fraction of sp³-hybridized carbons (Fsp3) is 0.261. The molecule has 0 saturated heterocycles. The summed E-state index contributed by atoms with van der Waals surface area (Å²) < 4.78 is 5.73. The van der Waals surface area contributed by atoms with E-state index >= 15 is 0 Å². The van der Waals surface area contributed by atoms with Crippen molar-refractivity contribution in [3.05, 3.63) is 75.7 Å². The fourth-order valence-corrected chi connectivity index (χ4v) is 4.07. The van der Waals surface area contributed by atoms with Gasteiger partial charge in [0.2, 0.25) is 0 Å². The average Bonchev–Trinajstić information content (AvgIpc) is 3.39. The van der Waals surface area contributed by atoms with Gasteiger partial charge in [-0.3, -0.25) is 9.59 Å². The number of aromatic nitrogens is 1. The monoisotopic (exact) mass is 421 g/mol. The Kier molecular flexibility index (Phi) is 5.81. The highest BCUT2D eigenvalue weighted by molar-refractivity contribution is 7.09. The van der Waals surface area contributed by atoms with E-state index in [0.29, 0.717) is 30.1 Å². The SMILES string of the molecule is CC(C)c1nc(CNC(=O)c2cccc(NC(=O)C3Cc4ccccc4O3)c2)cs1. The molecule has 2 aromatic carbocycles. The summed E-state index contributed by atoms with van der Waals surface area (Å²) in [5.41, 5.74) is 2.90. The highest BCUT2D eigenvalue weighted by Crippen LogP contribution is 2.28. The van der Waals surface area contributed by atoms with E-state index in [1.165, 1.54) is 0 Å². The molecule has 1 unspecified atom stereocenters. The number of fused-ring (bicyclic) bond motifs is 1. The van der Waals surface area contributed by atoms with E-state index in [1.54, 1.807) is 35.6 Å². The predicted octanol–water partition coefficient (Wildman–Crippen LogP) is 4.14. The smallest absolute Gasteiger partial charge is 0.265 e. The van der Waals surface area contributed by atoms with Gasteiger partial charge in [-0.25, -0.2) is 4.98 Å². The number of thiazole rings is 1. The van der Waals surface area contributed by atoms with Gasteiger partial charge >= 0.3 is 0 Å². The Labute approximate surface area is 179 Å². The summed E-state index contributed by atoms with van der Waals surface area (Å²) in [5, 5.41) is 8.75. The van der Waals surface area contributed by atoms with Crippen LogP contribution in [0.4, 0.5) is 5.69 Å². The lowest BCUT2D eigenvalue weighted by Crippen LogP contribution is -2.31. The lowest BCUT2D eigenvalue weighted by Gasteiger charge is -2.12. The van der Waals surface area contributed by atoms with Gasteiger partial charge in [0.15, 0.2) is 6.10 Å². The number of nitrogens with zero attached hydrogens (tertiary/aromatic N) is 1. The first-order valence-electron chi connectivity index (χ1n) is 9.87. The maximum Gasteiger partial charge on any atom is 0.265 e. The quantitative estimate of drug-likeness (QED) is 0.627. The third kappa shape index (κ3) is 4.52. The van der Waals surface area contributed by atoms with Crippen molar-refractivity contribution in [2.24, 2.45) is 0 Å². The maximum atomic E-state index is 12.6. The molecule has 30 heavy (non-hydrogen) atoms. The lowest BCUT2D eigenvalue weighted by molar-refractivity contribution is -0.122. The second kappa shape index (κ2) is 8.67. The Bertz CT molecular complexity index is 1050. The molecule has 0 bridgehead atoms. The van der Waals surface area contributed by atoms with Crippen molar-refractivity contribution >= 4 is 28.8 Å². The molecular weight excluding hydrogens is 398 g/mol. The molecule has 6 nitrogen and oxygen atoms in total. The molecule has 0 spiro atoms. The summed E-state index contributed by atoms with van der Waals surface area (Å²) >= 11 is 1.60. The van der Waals surface area contributed by atoms with Crippen molar-refractivity contribution in [1.82, 2.24) is 10.3 Å². The molecule has 0 saturated carbocycles. The zero-order valence-corrected chi connectivity index (χ0v) is 17.7. The van der Waals surface area contributed by atoms with Crippen LogP contribution in [0.5, 0.6) is 5.75 Å². The van der Waals surface area contributed by atoms with E-state index in [2.05, 4.69) is 29.5 Å². The molecule has 0 radical (unpaired) electrons. The van der Waals surface area contributed by atoms with Crippen molar-refractivity contribution in [1.29, 1.82) is 0 Å². The third-order valence-corrected chi connectivity index (χ3v) is 6.02. The van der Waals surface area contributed by atoms with Gasteiger partial charge in [-0.1, -0.05) is 38.1 Å². The van der Waals surface area contributed by atoms with Crippen LogP contribution < -0.4 is 15.4 Å². The molecule has 7 heteroatoms. The average molecular weight is 422 g/mol. The molecule has 4 rings (SSSR count). The Morgan fingerprint density at radius 1 is 1.20 bits per heavy atom. The van der Waals surface area contributed by atoms with Gasteiger partial charge in [0, 0.05) is 29.0 Å². The van der Waals surface area contributed by atoms with E-state index in [9.17, 15) is 9.59 Å². The van der Waals surface area contributed by atoms with Crippen LogP contribution in [0.1, 0.15) is 46.4 Å². The number of benzene rings is 2. The molecule has 1 atom stereocenters. The third-order valence-electron chi connectivity index (χ3n) is 4.83. The van der Waals surface area contributed by atoms with Crippen LogP contribution in [0.2, 0.25) is 0 Å². The van der Waals surface area contributed by atoms with Crippen LogP contribution in [0.3, 0.4) is 0 Å². The lowest BCUT2D eigenvalue weighted by atomic mass is 10.1. The summed E-state index contributed by atoms with van der Waals surface area (Å²) in [6.07, 6.45) is -0.0338. The van der Waals surface area contributed by atoms with Gasteiger partial charge in [-0.2, -0.15) is 0 Å². The first-order valence-corrected chi connectivity index (χ1v) is 10.8. The Hall–Kier alpha value is -3.19. The number of carbonyl (C=O) groups is 2. The second-order valence-corrected chi connectivity index (χ2v) is 8.39. The number of hydrogen-bond acceptors (Lipinski definition) is 5. The number of amides is 2. The minimum atomic E-state index is -0.570. The van der Waals surface area contributed by atoms with Crippen molar-refractivity contribution < 1.29 is 14.3 Å². The van der Waals surface area contributed by atoms with Gasteiger partial charge < -0.3 is 15.4 Å². The Morgan fingerprint density at radius 2 is 2.03 bits per heavy atom. The number of rotatable bonds is 6. The number of hydrogen-bond donors (Lipinski definition) is 2. The number of para-hydroxylation sites is 1. The number of anilines is 1. The van der Waals surface area contributed by atoms with Gasteiger partial charge in [-0.15, -0.1) is 11.3 Å². The van der Waals surface area contributed by atoms with Gasteiger partial charge in [0.05, 0.1) is 17.2 Å². The van der Waals surface area contributed by atoms with Crippen LogP contribution in [0, 0.1) is 0 Å². The first kappa shape index (κ1) is 20.1. The van der Waals surface area contributed by atoms with E-state index in [1.807, 2.05) is 29.6 Å². The minimum Gasteiger partial charge on any atom is -0.480 e. The van der Waals surface area contributed by atoms with Crippen molar-refractivity contribution in [3.63, 3.8) is 0 Å². The molecule has 154 valence electrons. The Morgan fingerprint density at radius 3 is 2.80 bits per heavy atom. The van der Waals surface area contributed by atoms with Crippen molar-refractivity contribution in [2.75, 3.05) is 5.32 Å². The highest BCUT2D eigenvalue weighted by Gasteiger charge is 2.28.